The molecule has 0 nitrogen and oxygen atoms in total. The van der Waals surface area contributed by atoms with Gasteiger partial charge in [-0.1, -0.05) is 0 Å². The average molecular weight is 197 g/mol. The number of hydrogen-bond acceptors (Lipinski definition) is 0. The van der Waals surface area contributed by atoms with Crippen LogP contribution in [0.2, 0.25) is 5.76 Å². The summed E-state index contributed by atoms with van der Waals surface area (Å²) in [6.45, 7) is 0. The second-order valence-electron chi connectivity index (χ2n) is 0. The standard InChI is InChI=1S/CH3Ge.3ClH/c1-2;;;/h1H3;3*1H. The normalized spacial score (nSPS) is 1.20. The molecule has 4 heteroatoms. The van der Waals surface area contributed by atoms with Crippen LogP contribution in [0.15, 0.2) is 0 Å². The summed E-state index contributed by atoms with van der Waals surface area (Å²) < 4.78 is 0. The van der Waals surface area contributed by atoms with E-state index in [1.807, 2.05) is 22.3 Å². The summed E-state index contributed by atoms with van der Waals surface area (Å²) in [5.74, 6) is 2.00. The molecule has 0 atom stereocenters. The van der Waals surface area contributed by atoms with Gasteiger partial charge in [-0.05, 0) is 0 Å². The van der Waals surface area contributed by atoms with Crippen molar-refractivity contribution in [3.05, 3.63) is 0 Å². The van der Waals surface area contributed by atoms with Crippen molar-refractivity contribution in [1.82, 2.24) is 0 Å². The molecule has 0 unspecified atom stereocenters. The van der Waals surface area contributed by atoms with E-state index in [9.17, 15) is 0 Å². The molecule has 0 aliphatic heterocycles. The molecule has 0 fully saturated rings. The maximum atomic E-state index is 2.00. The zero-order valence-corrected chi connectivity index (χ0v) is 7.27. The fourth-order valence-corrected chi connectivity index (χ4v) is 0. The third-order valence-electron chi connectivity index (χ3n) is 0. The Bertz CT molecular complexity index is 6.85. The molecule has 0 rings (SSSR count). The van der Waals surface area contributed by atoms with Crippen LogP contribution in [0.1, 0.15) is 0 Å². The minimum absolute atomic E-state index is 0. The van der Waals surface area contributed by atoms with Crippen molar-refractivity contribution < 1.29 is 0 Å². The Morgan fingerprint density at radius 2 is 0.800 bits per heavy atom. The number of hydrogen-bond donors (Lipinski definition) is 0. The first kappa shape index (κ1) is 32.3. The summed E-state index contributed by atoms with van der Waals surface area (Å²) in [4.78, 5) is 0. The Hall–Kier alpha value is 1.41. The van der Waals surface area contributed by atoms with Gasteiger partial charge in [0.1, 0.15) is 0 Å². The van der Waals surface area contributed by atoms with Crippen LogP contribution in [0, 0.1) is 0 Å². The molecule has 0 aromatic carbocycles. The molecule has 0 saturated heterocycles. The van der Waals surface area contributed by atoms with Gasteiger partial charge in [0, 0.05) is 0 Å². The van der Waals surface area contributed by atoms with Gasteiger partial charge in [-0.25, -0.2) is 0 Å². The summed E-state index contributed by atoms with van der Waals surface area (Å²) in [6, 6.07) is 0. The van der Waals surface area contributed by atoms with E-state index in [-0.39, 0.29) is 37.2 Å². The first-order chi connectivity index (χ1) is 1.00. The second kappa shape index (κ2) is 52.8. The van der Waals surface area contributed by atoms with Crippen LogP contribution >= 0.6 is 37.2 Å². The van der Waals surface area contributed by atoms with Crippen molar-refractivity contribution in [3.63, 3.8) is 0 Å². The van der Waals surface area contributed by atoms with Gasteiger partial charge in [0.2, 0.25) is 0 Å². The van der Waals surface area contributed by atoms with E-state index < -0.39 is 0 Å². The minimum atomic E-state index is 0. The van der Waals surface area contributed by atoms with E-state index in [0.29, 0.717) is 0 Å². The van der Waals surface area contributed by atoms with E-state index >= 15 is 0 Å². The summed E-state index contributed by atoms with van der Waals surface area (Å²) in [5, 5.41) is 0. The third-order valence-corrected chi connectivity index (χ3v) is 0. The molecular weight excluding hydrogens is 191 g/mol. The van der Waals surface area contributed by atoms with Gasteiger partial charge in [0.15, 0.2) is 0 Å². The summed E-state index contributed by atoms with van der Waals surface area (Å²) in [7, 11) is 0. The van der Waals surface area contributed by atoms with Crippen molar-refractivity contribution in [3.8, 4) is 0 Å². The van der Waals surface area contributed by atoms with Gasteiger partial charge >= 0.3 is 22.3 Å². The van der Waals surface area contributed by atoms with Crippen LogP contribution in [0.3, 0.4) is 0 Å². The molecular formula is CH6Cl3Ge. The molecule has 35 valence electrons. The van der Waals surface area contributed by atoms with Crippen LogP contribution < -0.4 is 0 Å². The quantitative estimate of drug-likeness (QED) is 0.516. The van der Waals surface area contributed by atoms with E-state index in [4.69, 9.17) is 0 Å². The average Bonchev–Trinajstić information content (AvgIpc) is 1.00. The van der Waals surface area contributed by atoms with Crippen molar-refractivity contribution in [2.45, 2.75) is 5.76 Å². The van der Waals surface area contributed by atoms with Crippen molar-refractivity contribution >= 4 is 53.7 Å². The van der Waals surface area contributed by atoms with Crippen LogP contribution in [0.25, 0.3) is 0 Å². The molecule has 3 radical (unpaired) electrons. The molecule has 0 aliphatic carbocycles. The van der Waals surface area contributed by atoms with E-state index in [0.717, 1.165) is 0 Å². The summed E-state index contributed by atoms with van der Waals surface area (Å²) in [6.07, 6.45) is 0. The van der Waals surface area contributed by atoms with Crippen molar-refractivity contribution in [2.24, 2.45) is 0 Å². The number of rotatable bonds is 0. The predicted octanol–water partition coefficient (Wildman–Crippen LogP) is 1.47. The molecule has 0 aliphatic rings. The molecule has 0 amide bonds. The van der Waals surface area contributed by atoms with Gasteiger partial charge in [-0.3, -0.25) is 0 Å². The van der Waals surface area contributed by atoms with Gasteiger partial charge < -0.3 is 0 Å². The first-order valence-electron chi connectivity index (χ1n) is 0.500. The monoisotopic (exact) mass is 197 g/mol. The summed E-state index contributed by atoms with van der Waals surface area (Å²) >= 11 is 2.00. The number of halogens is 3. The van der Waals surface area contributed by atoms with Gasteiger partial charge in [-0.15, -0.1) is 37.2 Å². The van der Waals surface area contributed by atoms with E-state index in [1.54, 1.807) is 0 Å². The van der Waals surface area contributed by atoms with E-state index in [1.165, 1.54) is 0 Å². The Morgan fingerprint density at radius 1 is 0.800 bits per heavy atom. The fourth-order valence-electron chi connectivity index (χ4n) is 0. The molecule has 0 heterocycles. The van der Waals surface area contributed by atoms with E-state index in [2.05, 4.69) is 0 Å². The Kier molecular flexibility index (Phi) is 341. The zero-order chi connectivity index (χ0) is 2.00. The Balaban J connectivity index is -0.00000000167. The summed E-state index contributed by atoms with van der Waals surface area (Å²) in [5.41, 5.74) is 0. The SMILES string of the molecule is Cl.Cl.Cl.[CH3][Ge]. The Labute approximate surface area is 59.5 Å². The van der Waals surface area contributed by atoms with Crippen LogP contribution in [0.5, 0.6) is 0 Å². The fraction of sp³-hybridized carbons (Fsp3) is 1.00. The first-order valence-corrected chi connectivity index (χ1v) is 2.60. The van der Waals surface area contributed by atoms with Crippen LogP contribution in [-0.4, -0.2) is 16.5 Å². The third kappa shape index (κ3) is 31.6. The zero-order valence-electron chi connectivity index (χ0n) is 2.72. The second-order valence-corrected chi connectivity index (χ2v) is 0. The molecule has 0 N–H and O–H groups in total. The van der Waals surface area contributed by atoms with Gasteiger partial charge in [-0.2, -0.15) is 0 Å². The predicted molar refractivity (Wildman–Crippen MR) is 33.4 cm³/mol. The molecule has 0 spiro atoms. The van der Waals surface area contributed by atoms with Crippen molar-refractivity contribution in [1.29, 1.82) is 0 Å². The Morgan fingerprint density at radius 3 is 0.800 bits per heavy atom. The topological polar surface area (TPSA) is 0 Å². The van der Waals surface area contributed by atoms with Gasteiger partial charge in [0.25, 0.3) is 0 Å². The molecule has 0 saturated carbocycles. The van der Waals surface area contributed by atoms with Gasteiger partial charge in [0.05, 0.1) is 0 Å². The van der Waals surface area contributed by atoms with Crippen LogP contribution in [0.4, 0.5) is 0 Å². The molecule has 5 heavy (non-hydrogen) atoms. The molecule has 0 bridgehead atoms. The van der Waals surface area contributed by atoms with Crippen LogP contribution in [-0.2, 0) is 0 Å². The maximum absolute atomic E-state index is 2.00. The van der Waals surface area contributed by atoms with Crippen molar-refractivity contribution in [2.75, 3.05) is 0 Å². The molecule has 0 aromatic rings. The molecule has 0 aromatic heterocycles.